The van der Waals surface area contributed by atoms with E-state index in [1.807, 2.05) is 45.0 Å². The summed E-state index contributed by atoms with van der Waals surface area (Å²) in [5.74, 6) is -7.48. The number of rotatable bonds is 35. The number of sulfonamides is 1. The maximum Gasteiger partial charge on any atom is 0.245 e. The topological polar surface area (TPSA) is 462 Å². The van der Waals surface area contributed by atoms with E-state index in [1.54, 1.807) is 32.0 Å². The molecule has 9 atom stereocenters. The third kappa shape index (κ3) is 21.5. The number of anilines is 1. The van der Waals surface area contributed by atoms with Crippen LogP contribution in [0.4, 0.5) is 5.69 Å². The number of hydrogen-bond acceptors (Lipinski definition) is 15. The summed E-state index contributed by atoms with van der Waals surface area (Å²) in [6.45, 7) is 8.22. The number of unbranched alkanes of at least 4 members (excludes halogenated alkanes) is 1. The fraction of sp³-hybridized carbons (Fsp3) is 0.623. The molecule has 0 aromatic heterocycles. The maximum absolute atomic E-state index is 14.5. The van der Waals surface area contributed by atoms with Crippen LogP contribution in [0.1, 0.15) is 105 Å². The molecular formula is C53H89N17O11S. The monoisotopic (exact) mass is 1170 g/mol. The Morgan fingerprint density at radius 3 is 1.85 bits per heavy atom. The van der Waals surface area contributed by atoms with E-state index >= 15 is 0 Å². The zero-order chi connectivity index (χ0) is 61.4. The third-order valence-electron chi connectivity index (χ3n) is 13.8. The summed E-state index contributed by atoms with van der Waals surface area (Å²) in [5, 5.41) is 27.3. The minimum absolute atomic E-state index is 0.00910. The molecule has 0 spiro atoms. The molecule has 0 aliphatic carbocycles. The van der Waals surface area contributed by atoms with Crippen LogP contribution in [0.2, 0.25) is 0 Å². The van der Waals surface area contributed by atoms with Crippen molar-refractivity contribution in [2.75, 3.05) is 51.7 Å². The molecule has 0 unspecified atom stereocenters. The maximum atomic E-state index is 14.5. The molecule has 1 aliphatic rings. The third-order valence-corrected chi connectivity index (χ3v) is 15.4. The first kappa shape index (κ1) is 68.9. The summed E-state index contributed by atoms with van der Waals surface area (Å²) in [5.41, 5.74) is 33.8. The Bertz CT molecular complexity index is 2680. The number of amides is 8. The van der Waals surface area contributed by atoms with Crippen molar-refractivity contribution in [3.05, 3.63) is 36.4 Å². The van der Waals surface area contributed by atoms with Crippen LogP contribution >= 0.6 is 0 Å². The molecular weight excluding hydrogens is 1080 g/mol. The van der Waals surface area contributed by atoms with Gasteiger partial charge in [0.2, 0.25) is 57.3 Å². The number of fused-ring (bicyclic) bond motifs is 1. The highest BCUT2D eigenvalue weighted by molar-refractivity contribution is 7.89. The van der Waals surface area contributed by atoms with Gasteiger partial charge in [-0.2, -0.15) is 4.72 Å². The second kappa shape index (κ2) is 33.5. The van der Waals surface area contributed by atoms with E-state index in [-0.39, 0.29) is 93.9 Å². The van der Waals surface area contributed by atoms with E-state index in [0.717, 1.165) is 5.69 Å². The predicted molar refractivity (Wildman–Crippen MR) is 312 cm³/mol. The number of carbonyl (C=O) groups is 8. The molecule has 0 radical (unpaired) electrons. The summed E-state index contributed by atoms with van der Waals surface area (Å²) >= 11 is 0. The second-order valence-corrected chi connectivity index (χ2v) is 22.8. The summed E-state index contributed by atoms with van der Waals surface area (Å²) in [6.07, 6.45) is 0.908. The van der Waals surface area contributed by atoms with Gasteiger partial charge in [0, 0.05) is 50.2 Å². The summed E-state index contributed by atoms with van der Waals surface area (Å²) in [6, 6.07) is 1.23. The molecule has 1 heterocycles. The molecule has 82 heavy (non-hydrogen) atoms. The van der Waals surface area contributed by atoms with Gasteiger partial charge < -0.3 is 81.2 Å². The zero-order valence-corrected chi connectivity index (χ0v) is 49.1. The van der Waals surface area contributed by atoms with Crippen LogP contribution in [0.3, 0.4) is 0 Å². The van der Waals surface area contributed by atoms with Crippen molar-refractivity contribution in [3.63, 3.8) is 0 Å². The van der Waals surface area contributed by atoms with Gasteiger partial charge in [-0.15, -0.1) is 0 Å². The molecule has 2 aromatic carbocycles. The number of aliphatic hydroxyl groups is 1. The Morgan fingerprint density at radius 1 is 0.707 bits per heavy atom. The molecule has 28 nitrogen and oxygen atoms in total. The average Bonchev–Trinajstić information content (AvgIpc) is 4.03. The minimum atomic E-state index is -4.31. The van der Waals surface area contributed by atoms with Gasteiger partial charge in [-0.25, -0.2) is 8.42 Å². The lowest BCUT2D eigenvalue weighted by Crippen LogP contribution is -2.60. The van der Waals surface area contributed by atoms with Gasteiger partial charge in [-0.3, -0.25) is 48.3 Å². The number of nitrogens with one attached hydrogen (secondary N) is 7. The molecule has 1 saturated heterocycles. The van der Waals surface area contributed by atoms with Gasteiger partial charge in [-0.05, 0) is 102 Å². The van der Waals surface area contributed by atoms with E-state index in [4.69, 9.17) is 34.4 Å². The Labute approximate surface area is 480 Å². The molecule has 1 aliphatic heterocycles. The fourth-order valence-electron chi connectivity index (χ4n) is 9.30. The van der Waals surface area contributed by atoms with Crippen molar-refractivity contribution < 1.29 is 51.9 Å². The van der Waals surface area contributed by atoms with Crippen LogP contribution in [0.25, 0.3) is 10.8 Å². The smallest absolute Gasteiger partial charge is 0.245 e. The molecule has 29 heteroatoms. The highest BCUT2D eigenvalue weighted by Crippen LogP contribution is 2.31. The molecule has 8 amide bonds. The summed E-state index contributed by atoms with van der Waals surface area (Å²) in [7, 11) is -0.617. The van der Waals surface area contributed by atoms with Crippen LogP contribution < -0.4 is 75.9 Å². The highest BCUT2D eigenvalue weighted by Gasteiger charge is 2.41. The normalized spacial score (nSPS) is 16.2. The van der Waals surface area contributed by atoms with Gasteiger partial charge in [-0.1, -0.05) is 58.4 Å². The number of benzene rings is 2. The summed E-state index contributed by atoms with van der Waals surface area (Å²) in [4.78, 5) is 121. The highest BCUT2D eigenvalue weighted by atomic mass is 32.2. The number of nitrogens with zero attached hydrogens (tertiary/aromatic N) is 4. The van der Waals surface area contributed by atoms with Gasteiger partial charge in [0.25, 0.3) is 0 Å². The SMILES string of the molecule is CC[C@H](C)[C@H](NC(=O)CNC(=O)[C@@H](NC(=O)[C@H](CCCCN)NC(=O)[C@@H]1CCCN1C(=O)[C@H](CC(C)C)NS(=O)(=O)c1cccc2c(N(C)C)cccc12)[C@@H](C)O)C(=O)N[C@@H](CCCN=C(N)N)C(=O)N[C@@H](CCCN=C(N)N)C(N)=O. The quantitative estimate of drug-likeness (QED) is 0.0189. The molecule has 2 aromatic rings. The lowest BCUT2D eigenvalue weighted by Gasteiger charge is -2.31. The predicted octanol–water partition coefficient (Wildman–Crippen LogP) is -2.72. The van der Waals surface area contributed by atoms with Crippen molar-refractivity contribution in [3.8, 4) is 0 Å². The van der Waals surface area contributed by atoms with E-state index in [0.29, 0.717) is 36.5 Å². The van der Waals surface area contributed by atoms with E-state index in [9.17, 15) is 51.9 Å². The number of primary amides is 1. The molecule has 1 fully saturated rings. The summed E-state index contributed by atoms with van der Waals surface area (Å²) < 4.78 is 31.0. The molecule has 3 rings (SSSR count). The number of aliphatic hydroxyl groups excluding tert-OH is 1. The Hall–Kier alpha value is -7.37. The molecule has 458 valence electrons. The standard InChI is InChI=1S/C53H89N17O11S/c1-8-31(4)43(50(78)65-37(20-14-26-61-53(58)59)46(74)63-35(45(55)73)19-13-25-60-52(56)57)66-42(72)29-62-49(77)44(32(5)71)67-47(75)36(18-9-10-24-54)64-48(76)40-22-15-27-70(40)51(79)38(28-30(2)3)68-82(80,81)41-23-12-16-33-34(41)17-11-21-39(33)69(6)7/h11-12,16-17,21,23,30-32,35-38,40,43-44,68,71H,8-10,13-15,18-20,22,24-29,54H2,1-7H3,(H2,55,73)(H,62,77)(H,63,74)(H,64,76)(H,65,78)(H,66,72)(H,67,75)(H4,56,57,60)(H4,58,59,61)/t31-,32+,35-,36-,37-,38-,40-,43-,44-/m0/s1. The fourth-order valence-corrected chi connectivity index (χ4v) is 10.7. The number of carbonyl (C=O) groups excluding carboxylic acids is 8. The van der Waals surface area contributed by atoms with Gasteiger partial charge >= 0.3 is 0 Å². The lowest BCUT2D eigenvalue weighted by molar-refractivity contribution is -0.141. The zero-order valence-electron chi connectivity index (χ0n) is 48.2. The number of aliphatic imine (C=N–C) groups is 2. The molecule has 0 bridgehead atoms. The van der Waals surface area contributed by atoms with Crippen LogP contribution in [0.15, 0.2) is 51.3 Å². The minimum Gasteiger partial charge on any atom is -0.391 e. The average molecular weight is 1170 g/mol. The number of nitrogens with two attached hydrogens (primary N) is 6. The van der Waals surface area contributed by atoms with Crippen molar-refractivity contribution in [1.29, 1.82) is 0 Å². The first-order chi connectivity index (χ1) is 38.6. The van der Waals surface area contributed by atoms with Crippen molar-refractivity contribution in [2.24, 2.45) is 56.2 Å². The second-order valence-electron chi connectivity index (χ2n) is 21.2. The molecule has 20 N–H and O–H groups in total. The Morgan fingerprint density at radius 2 is 1.28 bits per heavy atom. The van der Waals surface area contributed by atoms with Gasteiger partial charge in [0.05, 0.1) is 17.5 Å². The van der Waals surface area contributed by atoms with Crippen LogP contribution in [0.5, 0.6) is 0 Å². The van der Waals surface area contributed by atoms with Crippen molar-refractivity contribution in [2.45, 2.75) is 159 Å². The van der Waals surface area contributed by atoms with E-state index < -0.39 is 118 Å². The first-order valence-corrected chi connectivity index (χ1v) is 29.2. The van der Waals surface area contributed by atoms with Gasteiger partial charge in [0.15, 0.2) is 11.9 Å². The Kier molecular flexibility index (Phi) is 28.2. The Balaban J connectivity index is 1.77. The van der Waals surface area contributed by atoms with Crippen LogP contribution in [0, 0.1) is 11.8 Å². The number of hydrogen-bond donors (Lipinski definition) is 14. The van der Waals surface area contributed by atoms with Gasteiger partial charge in [0.1, 0.15) is 42.3 Å². The number of guanidine groups is 2. The van der Waals surface area contributed by atoms with E-state index in [1.165, 1.54) is 17.9 Å². The molecule has 0 saturated carbocycles. The van der Waals surface area contributed by atoms with Crippen LogP contribution in [-0.2, 0) is 48.4 Å². The lowest BCUT2D eigenvalue weighted by atomic mass is 9.97. The largest absolute Gasteiger partial charge is 0.391 e. The first-order valence-electron chi connectivity index (χ1n) is 27.7. The van der Waals surface area contributed by atoms with E-state index in [2.05, 4.69) is 46.6 Å². The number of likely N-dealkylation sites (tertiary alicyclic amines) is 1. The van der Waals surface area contributed by atoms with Crippen LogP contribution in [-0.4, -0.2) is 173 Å². The van der Waals surface area contributed by atoms with Crippen molar-refractivity contribution >= 4 is 85.7 Å². The van der Waals surface area contributed by atoms with Crippen molar-refractivity contribution in [1.82, 2.24) is 41.5 Å².